The number of Topliss-reactive ketones (excluding diaryl/α,β-unsaturated/α-hetero) is 1. The summed E-state index contributed by atoms with van der Waals surface area (Å²) < 4.78 is 13.1. The molecule has 0 unspecified atom stereocenters. The highest BCUT2D eigenvalue weighted by atomic mass is 19.1. The Morgan fingerprint density at radius 3 is 2.61 bits per heavy atom. The second-order valence-electron chi connectivity index (χ2n) is 4.08. The molecule has 1 rings (SSSR count). The molecule has 0 aliphatic carbocycles. The minimum atomic E-state index is -0.346. The molecule has 1 amide bonds. The van der Waals surface area contributed by atoms with Crippen molar-refractivity contribution in [3.05, 3.63) is 47.8 Å². The van der Waals surface area contributed by atoms with Crippen molar-refractivity contribution < 1.29 is 14.0 Å². The van der Waals surface area contributed by atoms with Gasteiger partial charge in [0.05, 0.1) is 6.54 Å². The van der Waals surface area contributed by atoms with Crippen LogP contribution >= 0.6 is 0 Å². The standard InChI is InChI=1S/C14H16FNO2/c1-4-7-16(11(3)17)9-14(18)12-5-6-13(15)10(2)8-12/h4-6,8H,1,7,9H2,2-3H3. The molecule has 96 valence electrons. The highest BCUT2D eigenvalue weighted by Gasteiger charge is 2.14. The van der Waals surface area contributed by atoms with Gasteiger partial charge in [-0.25, -0.2) is 4.39 Å². The Hall–Kier alpha value is -1.97. The quantitative estimate of drug-likeness (QED) is 0.593. The number of carbonyl (C=O) groups excluding carboxylic acids is 2. The van der Waals surface area contributed by atoms with Gasteiger partial charge in [0.2, 0.25) is 5.91 Å². The number of nitrogens with zero attached hydrogens (tertiary/aromatic N) is 1. The first-order valence-electron chi connectivity index (χ1n) is 5.61. The van der Waals surface area contributed by atoms with Crippen molar-refractivity contribution in [3.8, 4) is 0 Å². The van der Waals surface area contributed by atoms with Crippen molar-refractivity contribution in [2.75, 3.05) is 13.1 Å². The maximum Gasteiger partial charge on any atom is 0.220 e. The highest BCUT2D eigenvalue weighted by molar-refractivity contribution is 5.99. The largest absolute Gasteiger partial charge is 0.332 e. The Balaban J connectivity index is 2.83. The van der Waals surface area contributed by atoms with Crippen LogP contribution in [0.4, 0.5) is 4.39 Å². The molecule has 0 atom stereocenters. The Kier molecular flexibility index (Phi) is 4.77. The monoisotopic (exact) mass is 249 g/mol. The van der Waals surface area contributed by atoms with Crippen molar-refractivity contribution in [2.45, 2.75) is 13.8 Å². The summed E-state index contributed by atoms with van der Waals surface area (Å²) in [4.78, 5) is 24.6. The number of ketones is 1. The van der Waals surface area contributed by atoms with Gasteiger partial charge in [-0.1, -0.05) is 6.08 Å². The lowest BCUT2D eigenvalue weighted by Crippen LogP contribution is -2.34. The molecule has 0 radical (unpaired) electrons. The molecular weight excluding hydrogens is 233 g/mol. The molecule has 0 saturated carbocycles. The van der Waals surface area contributed by atoms with Gasteiger partial charge < -0.3 is 4.90 Å². The van der Waals surface area contributed by atoms with E-state index < -0.39 is 0 Å². The molecule has 4 heteroatoms. The number of hydrogen-bond acceptors (Lipinski definition) is 2. The van der Waals surface area contributed by atoms with Gasteiger partial charge in [-0.3, -0.25) is 9.59 Å². The first kappa shape index (κ1) is 14.1. The Bertz CT molecular complexity index is 483. The Morgan fingerprint density at radius 1 is 1.44 bits per heavy atom. The van der Waals surface area contributed by atoms with Gasteiger partial charge in [-0.2, -0.15) is 0 Å². The third kappa shape index (κ3) is 3.52. The average molecular weight is 249 g/mol. The third-order valence-corrected chi connectivity index (χ3v) is 2.61. The van der Waals surface area contributed by atoms with E-state index in [0.29, 0.717) is 17.7 Å². The van der Waals surface area contributed by atoms with E-state index in [4.69, 9.17) is 0 Å². The summed E-state index contributed by atoms with van der Waals surface area (Å²) in [5.41, 5.74) is 0.822. The van der Waals surface area contributed by atoms with Gasteiger partial charge >= 0.3 is 0 Å². The van der Waals surface area contributed by atoms with Crippen molar-refractivity contribution in [2.24, 2.45) is 0 Å². The molecule has 0 fully saturated rings. The zero-order chi connectivity index (χ0) is 13.7. The first-order valence-corrected chi connectivity index (χ1v) is 5.61. The Labute approximate surface area is 106 Å². The van der Waals surface area contributed by atoms with Gasteiger partial charge in [0, 0.05) is 19.0 Å². The van der Waals surface area contributed by atoms with E-state index in [2.05, 4.69) is 6.58 Å². The summed E-state index contributed by atoms with van der Waals surface area (Å²) >= 11 is 0. The lowest BCUT2D eigenvalue weighted by Gasteiger charge is -2.18. The summed E-state index contributed by atoms with van der Waals surface area (Å²) in [6.45, 7) is 6.82. The summed E-state index contributed by atoms with van der Waals surface area (Å²) in [7, 11) is 0. The number of carbonyl (C=O) groups is 2. The van der Waals surface area contributed by atoms with Gasteiger partial charge in [0.1, 0.15) is 5.82 Å². The topological polar surface area (TPSA) is 37.4 Å². The molecular formula is C14H16FNO2. The third-order valence-electron chi connectivity index (χ3n) is 2.61. The maximum atomic E-state index is 13.1. The van der Waals surface area contributed by atoms with Crippen molar-refractivity contribution in [1.29, 1.82) is 0 Å². The normalized spacial score (nSPS) is 9.94. The van der Waals surface area contributed by atoms with Crippen LogP contribution in [0.25, 0.3) is 0 Å². The van der Waals surface area contributed by atoms with E-state index in [1.165, 1.54) is 30.0 Å². The number of benzene rings is 1. The second kappa shape index (κ2) is 6.10. The molecule has 0 N–H and O–H groups in total. The molecule has 0 spiro atoms. The van der Waals surface area contributed by atoms with E-state index in [-0.39, 0.29) is 24.1 Å². The van der Waals surface area contributed by atoms with Crippen LogP contribution in [-0.4, -0.2) is 29.7 Å². The van der Waals surface area contributed by atoms with Gasteiger partial charge in [0.15, 0.2) is 5.78 Å². The Morgan fingerprint density at radius 2 is 2.11 bits per heavy atom. The highest BCUT2D eigenvalue weighted by Crippen LogP contribution is 2.10. The molecule has 0 aromatic heterocycles. The summed E-state index contributed by atoms with van der Waals surface area (Å²) in [6.07, 6.45) is 1.56. The molecule has 18 heavy (non-hydrogen) atoms. The summed E-state index contributed by atoms with van der Waals surface area (Å²) in [5, 5.41) is 0. The number of aryl methyl sites for hydroxylation is 1. The van der Waals surface area contributed by atoms with Crippen LogP contribution in [0, 0.1) is 12.7 Å². The molecule has 1 aromatic carbocycles. The van der Waals surface area contributed by atoms with Crippen molar-refractivity contribution in [3.63, 3.8) is 0 Å². The molecule has 1 aromatic rings. The molecule has 3 nitrogen and oxygen atoms in total. The summed E-state index contributed by atoms with van der Waals surface area (Å²) in [6, 6.07) is 4.18. The SMILES string of the molecule is C=CCN(CC(=O)c1ccc(F)c(C)c1)C(C)=O. The van der Waals surface area contributed by atoms with E-state index in [1.807, 2.05) is 0 Å². The van der Waals surface area contributed by atoms with Gasteiger partial charge in [-0.15, -0.1) is 6.58 Å². The van der Waals surface area contributed by atoms with E-state index in [1.54, 1.807) is 13.0 Å². The van der Waals surface area contributed by atoms with Crippen LogP contribution in [0.15, 0.2) is 30.9 Å². The fraction of sp³-hybridized carbons (Fsp3) is 0.286. The van der Waals surface area contributed by atoms with Crippen LogP contribution in [0.3, 0.4) is 0 Å². The fourth-order valence-corrected chi connectivity index (χ4v) is 1.54. The van der Waals surface area contributed by atoms with E-state index >= 15 is 0 Å². The van der Waals surface area contributed by atoms with E-state index in [0.717, 1.165) is 0 Å². The zero-order valence-corrected chi connectivity index (χ0v) is 10.6. The fourth-order valence-electron chi connectivity index (χ4n) is 1.54. The first-order chi connectivity index (χ1) is 8.45. The molecule has 0 heterocycles. The van der Waals surface area contributed by atoms with Gasteiger partial charge in [-0.05, 0) is 30.7 Å². The number of rotatable bonds is 5. The van der Waals surface area contributed by atoms with Crippen LogP contribution in [-0.2, 0) is 4.79 Å². The number of hydrogen-bond donors (Lipinski definition) is 0. The van der Waals surface area contributed by atoms with Crippen LogP contribution in [0.2, 0.25) is 0 Å². The van der Waals surface area contributed by atoms with Crippen LogP contribution < -0.4 is 0 Å². The number of amides is 1. The predicted molar refractivity (Wildman–Crippen MR) is 67.9 cm³/mol. The number of halogens is 1. The lowest BCUT2D eigenvalue weighted by atomic mass is 10.1. The van der Waals surface area contributed by atoms with E-state index in [9.17, 15) is 14.0 Å². The molecule has 0 saturated heterocycles. The molecule has 0 aliphatic heterocycles. The zero-order valence-electron chi connectivity index (χ0n) is 10.6. The summed E-state index contributed by atoms with van der Waals surface area (Å²) in [5.74, 6) is -0.752. The predicted octanol–water partition coefficient (Wildman–Crippen LogP) is 2.35. The minimum absolute atomic E-state index is 0.0214. The maximum absolute atomic E-state index is 13.1. The second-order valence-corrected chi connectivity index (χ2v) is 4.08. The average Bonchev–Trinajstić information content (AvgIpc) is 2.31. The molecule has 0 aliphatic rings. The van der Waals surface area contributed by atoms with Crippen LogP contribution in [0.1, 0.15) is 22.8 Å². The minimum Gasteiger partial charge on any atom is -0.332 e. The lowest BCUT2D eigenvalue weighted by molar-refractivity contribution is -0.127. The van der Waals surface area contributed by atoms with Crippen molar-refractivity contribution in [1.82, 2.24) is 4.90 Å². The van der Waals surface area contributed by atoms with Gasteiger partial charge in [0.25, 0.3) is 0 Å². The van der Waals surface area contributed by atoms with Crippen LogP contribution in [0.5, 0.6) is 0 Å². The smallest absolute Gasteiger partial charge is 0.220 e. The molecule has 0 bridgehead atoms. The van der Waals surface area contributed by atoms with Crippen molar-refractivity contribution >= 4 is 11.7 Å².